The van der Waals surface area contributed by atoms with Crippen LogP contribution >= 0.6 is 11.6 Å². The predicted molar refractivity (Wildman–Crippen MR) is 60.1 cm³/mol. The van der Waals surface area contributed by atoms with Gasteiger partial charge in [-0.25, -0.2) is 0 Å². The molecule has 0 heterocycles. The van der Waals surface area contributed by atoms with E-state index < -0.39 is 24.8 Å². The van der Waals surface area contributed by atoms with E-state index in [1.54, 1.807) is 24.3 Å². The number of hydrogen-bond acceptors (Lipinski definition) is 3. The van der Waals surface area contributed by atoms with Crippen LogP contribution in [0.2, 0.25) is 5.02 Å². The summed E-state index contributed by atoms with van der Waals surface area (Å²) in [6, 6.07) is 5.40. The molecule has 0 fully saturated rings. The average Bonchev–Trinajstić information content (AvgIpc) is 2.24. The van der Waals surface area contributed by atoms with Crippen molar-refractivity contribution in [2.24, 2.45) is 5.73 Å². The van der Waals surface area contributed by atoms with Crippen LogP contribution in [0.15, 0.2) is 24.3 Å². The summed E-state index contributed by atoms with van der Waals surface area (Å²) in [4.78, 5) is 11.2. The fourth-order valence-electron chi connectivity index (χ4n) is 1.26. The summed E-state index contributed by atoms with van der Waals surface area (Å²) in [6.07, 6.45) is -4.48. The highest BCUT2D eigenvalue weighted by atomic mass is 35.5. The fraction of sp³-hybridized carbons (Fsp3) is 0.364. The molecular formula is C11H11ClF3NO2. The molecule has 1 aromatic carbocycles. The summed E-state index contributed by atoms with van der Waals surface area (Å²) in [6.45, 7) is -1.63. The maximum atomic E-state index is 11.8. The molecule has 0 saturated heterocycles. The summed E-state index contributed by atoms with van der Waals surface area (Å²) in [5.74, 6) is -1.09. The largest absolute Gasteiger partial charge is 0.455 e. The number of halogens is 4. The molecule has 100 valence electrons. The Hall–Kier alpha value is -1.27. The first-order valence-corrected chi connectivity index (χ1v) is 5.39. The molecule has 0 aromatic heterocycles. The lowest BCUT2D eigenvalue weighted by Gasteiger charge is -2.13. The van der Waals surface area contributed by atoms with E-state index in [0.717, 1.165) is 0 Å². The normalized spacial score (nSPS) is 13.2. The lowest BCUT2D eigenvalue weighted by atomic mass is 10.1. The van der Waals surface area contributed by atoms with Crippen molar-refractivity contribution in [2.75, 3.05) is 6.61 Å². The number of benzene rings is 1. The maximum Gasteiger partial charge on any atom is 0.422 e. The maximum absolute atomic E-state index is 11.8. The zero-order chi connectivity index (χ0) is 13.8. The topological polar surface area (TPSA) is 52.3 Å². The van der Waals surface area contributed by atoms with Crippen LogP contribution in [0.3, 0.4) is 0 Å². The third-order valence-corrected chi connectivity index (χ3v) is 2.26. The Bertz CT molecular complexity index is 423. The number of carbonyl (C=O) groups is 1. The lowest BCUT2D eigenvalue weighted by Crippen LogP contribution is -2.36. The lowest BCUT2D eigenvalue weighted by molar-refractivity contribution is -0.187. The molecular weight excluding hydrogens is 271 g/mol. The molecule has 0 spiro atoms. The Morgan fingerprint density at radius 3 is 2.67 bits per heavy atom. The Morgan fingerprint density at radius 2 is 2.11 bits per heavy atom. The minimum Gasteiger partial charge on any atom is -0.455 e. The van der Waals surface area contributed by atoms with Gasteiger partial charge in [0.1, 0.15) is 6.04 Å². The van der Waals surface area contributed by atoms with Crippen LogP contribution in [0.4, 0.5) is 13.2 Å². The first-order valence-electron chi connectivity index (χ1n) is 5.01. The molecule has 0 aliphatic rings. The molecule has 0 unspecified atom stereocenters. The molecule has 0 amide bonds. The van der Waals surface area contributed by atoms with E-state index in [1.807, 2.05) is 0 Å². The second-order valence-corrected chi connectivity index (χ2v) is 4.10. The summed E-state index contributed by atoms with van der Waals surface area (Å²) in [7, 11) is 0. The Morgan fingerprint density at radius 1 is 1.44 bits per heavy atom. The van der Waals surface area contributed by atoms with E-state index in [4.69, 9.17) is 17.3 Å². The quantitative estimate of drug-likeness (QED) is 0.862. The molecule has 3 nitrogen and oxygen atoms in total. The van der Waals surface area contributed by atoms with Gasteiger partial charge >= 0.3 is 12.1 Å². The highest BCUT2D eigenvalue weighted by Gasteiger charge is 2.30. The number of carbonyl (C=O) groups excluding carboxylic acids is 1. The number of rotatable bonds is 4. The van der Waals surface area contributed by atoms with Crippen molar-refractivity contribution >= 4 is 17.6 Å². The van der Waals surface area contributed by atoms with E-state index in [2.05, 4.69) is 4.74 Å². The van der Waals surface area contributed by atoms with E-state index in [9.17, 15) is 18.0 Å². The van der Waals surface area contributed by atoms with Crippen molar-refractivity contribution < 1.29 is 22.7 Å². The number of nitrogens with two attached hydrogens (primary N) is 1. The van der Waals surface area contributed by atoms with Crippen LogP contribution in [0.25, 0.3) is 0 Å². The molecule has 7 heteroatoms. The SMILES string of the molecule is N[C@@H](Cc1cccc(Cl)c1)C(=O)OCC(F)(F)F. The third kappa shape index (κ3) is 5.37. The summed E-state index contributed by atoms with van der Waals surface area (Å²) in [5, 5.41) is 0.461. The van der Waals surface area contributed by atoms with E-state index in [1.165, 1.54) is 0 Å². The number of esters is 1. The number of ether oxygens (including phenoxy) is 1. The van der Waals surface area contributed by atoms with E-state index in [-0.39, 0.29) is 6.42 Å². The Balaban J connectivity index is 2.50. The van der Waals surface area contributed by atoms with Gasteiger partial charge in [-0.1, -0.05) is 23.7 Å². The Labute approximate surface area is 107 Å². The minimum atomic E-state index is -4.55. The molecule has 1 atom stereocenters. The number of hydrogen-bond donors (Lipinski definition) is 1. The van der Waals surface area contributed by atoms with Crippen LogP contribution in [0.5, 0.6) is 0 Å². The predicted octanol–water partition coefficient (Wildman–Crippen LogP) is 2.32. The fourth-order valence-corrected chi connectivity index (χ4v) is 1.47. The van der Waals surface area contributed by atoms with Crippen molar-refractivity contribution in [3.63, 3.8) is 0 Å². The zero-order valence-electron chi connectivity index (χ0n) is 9.21. The average molecular weight is 282 g/mol. The molecule has 0 aliphatic heterocycles. The first kappa shape index (κ1) is 14.8. The summed E-state index contributed by atoms with van der Waals surface area (Å²) < 4.78 is 39.5. The van der Waals surface area contributed by atoms with Crippen LogP contribution < -0.4 is 5.73 Å². The molecule has 2 N–H and O–H groups in total. The van der Waals surface area contributed by atoms with E-state index in [0.29, 0.717) is 10.6 Å². The van der Waals surface area contributed by atoms with Gasteiger partial charge in [0.15, 0.2) is 6.61 Å². The van der Waals surface area contributed by atoms with Crippen molar-refractivity contribution in [1.82, 2.24) is 0 Å². The van der Waals surface area contributed by atoms with Crippen molar-refractivity contribution in [3.8, 4) is 0 Å². The van der Waals surface area contributed by atoms with Crippen LogP contribution in [-0.2, 0) is 16.0 Å². The van der Waals surface area contributed by atoms with Gasteiger partial charge in [-0.3, -0.25) is 4.79 Å². The highest BCUT2D eigenvalue weighted by Crippen LogP contribution is 2.15. The van der Waals surface area contributed by atoms with Gasteiger partial charge < -0.3 is 10.5 Å². The third-order valence-electron chi connectivity index (χ3n) is 2.03. The summed E-state index contributed by atoms with van der Waals surface area (Å²) >= 11 is 5.72. The van der Waals surface area contributed by atoms with Gasteiger partial charge in [-0.2, -0.15) is 13.2 Å². The van der Waals surface area contributed by atoms with Crippen LogP contribution in [-0.4, -0.2) is 24.8 Å². The van der Waals surface area contributed by atoms with Gasteiger partial charge in [0.25, 0.3) is 0 Å². The molecule has 1 rings (SSSR count). The molecule has 0 aliphatic carbocycles. The van der Waals surface area contributed by atoms with Crippen LogP contribution in [0, 0.1) is 0 Å². The minimum absolute atomic E-state index is 0.0667. The van der Waals surface area contributed by atoms with Crippen molar-refractivity contribution in [3.05, 3.63) is 34.9 Å². The Kier molecular flexibility index (Phi) is 4.98. The standard InChI is InChI=1S/C11H11ClF3NO2/c12-8-3-1-2-7(4-8)5-9(16)10(17)18-6-11(13,14)15/h1-4,9H,5-6,16H2/t9-/m0/s1. The zero-order valence-corrected chi connectivity index (χ0v) is 9.96. The highest BCUT2D eigenvalue weighted by molar-refractivity contribution is 6.30. The number of alkyl halides is 3. The van der Waals surface area contributed by atoms with Crippen molar-refractivity contribution in [1.29, 1.82) is 0 Å². The van der Waals surface area contributed by atoms with Gasteiger partial charge in [0, 0.05) is 5.02 Å². The second-order valence-electron chi connectivity index (χ2n) is 3.66. The molecule has 1 aromatic rings. The van der Waals surface area contributed by atoms with Gasteiger partial charge in [-0.15, -0.1) is 0 Å². The molecule has 0 bridgehead atoms. The second kappa shape index (κ2) is 6.06. The van der Waals surface area contributed by atoms with Crippen LogP contribution in [0.1, 0.15) is 5.56 Å². The molecule has 0 saturated carbocycles. The monoisotopic (exact) mass is 281 g/mol. The van der Waals surface area contributed by atoms with Gasteiger partial charge in [0.05, 0.1) is 0 Å². The smallest absolute Gasteiger partial charge is 0.422 e. The molecule has 0 radical (unpaired) electrons. The van der Waals surface area contributed by atoms with E-state index >= 15 is 0 Å². The molecule has 18 heavy (non-hydrogen) atoms. The van der Waals surface area contributed by atoms with Gasteiger partial charge in [-0.05, 0) is 24.1 Å². The van der Waals surface area contributed by atoms with Crippen molar-refractivity contribution in [2.45, 2.75) is 18.6 Å². The van der Waals surface area contributed by atoms with Gasteiger partial charge in [0.2, 0.25) is 0 Å². The summed E-state index contributed by atoms with van der Waals surface area (Å²) in [5.41, 5.74) is 6.10. The first-order chi connectivity index (χ1) is 8.28.